The first-order valence-corrected chi connectivity index (χ1v) is 14.2. The normalized spacial score (nSPS) is 18.3. The highest BCUT2D eigenvalue weighted by atomic mass is 31.2. The van der Waals surface area contributed by atoms with E-state index in [1.54, 1.807) is 35.3 Å². The van der Waals surface area contributed by atoms with Gasteiger partial charge in [0.25, 0.3) is 5.56 Å². The zero-order valence-electron chi connectivity index (χ0n) is 22.8. The Labute approximate surface area is 240 Å². The number of carbonyl (C=O) groups excluding carboxylic acids is 1. The molecule has 1 aliphatic rings. The zero-order valence-corrected chi connectivity index (χ0v) is 23.6. The minimum absolute atomic E-state index is 0.169. The fraction of sp³-hybridized carbons (Fsp3) is 0.346. The number of halogens is 4. The average molecular weight is 631 g/mol. The van der Waals surface area contributed by atoms with Gasteiger partial charge in [-0.3, -0.25) is 23.7 Å². The van der Waals surface area contributed by atoms with Crippen LogP contribution >= 0.6 is 7.75 Å². The molecule has 0 radical (unpaired) electrons. The van der Waals surface area contributed by atoms with Gasteiger partial charge in [-0.25, -0.2) is 9.36 Å². The first-order valence-electron chi connectivity index (χ1n) is 12.7. The Hall–Kier alpha value is -4.14. The summed E-state index contributed by atoms with van der Waals surface area (Å²) in [7, 11) is -5.22. The number of aliphatic hydroxyl groups excluding tert-OH is 1. The van der Waals surface area contributed by atoms with Gasteiger partial charge >= 0.3 is 25.6 Å². The third kappa shape index (κ3) is 7.27. The van der Waals surface area contributed by atoms with Gasteiger partial charge in [-0.1, -0.05) is 36.4 Å². The van der Waals surface area contributed by atoms with Crippen molar-refractivity contribution < 1.29 is 50.5 Å². The summed E-state index contributed by atoms with van der Waals surface area (Å²) in [6.45, 7) is 4.21. The molecule has 0 saturated carbocycles. The maximum atomic E-state index is 14.4. The summed E-state index contributed by atoms with van der Waals surface area (Å²) < 4.78 is 92.4. The zero-order chi connectivity index (χ0) is 31.7. The van der Waals surface area contributed by atoms with Crippen LogP contribution in [0, 0.1) is 5.82 Å². The van der Waals surface area contributed by atoms with Gasteiger partial charge in [-0.15, -0.1) is 0 Å². The van der Waals surface area contributed by atoms with Crippen molar-refractivity contribution in [3.63, 3.8) is 0 Å². The van der Waals surface area contributed by atoms with Crippen molar-refractivity contribution in [1.29, 1.82) is 0 Å². The van der Waals surface area contributed by atoms with Crippen LogP contribution in [-0.4, -0.2) is 45.1 Å². The van der Waals surface area contributed by atoms with E-state index in [4.69, 9.17) is 18.5 Å². The van der Waals surface area contributed by atoms with Crippen LogP contribution < -0.4 is 20.9 Å². The number of alkyl halides is 3. The Morgan fingerprint density at radius 2 is 1.84 bits per heavy atom. The summed E-state index contributed by atoms with van der Waals surface area (Å²) in [5.74, 6) is -4.98. The van der Waals surface area contributed by atoms with Crippen LogP contribution in [0.4, 0.5) is 17.6 Å². The van der Waals surface area contributed by atoms with E-state index >= 15 is 0 Å². The molecule has 12 nitrogen and oxygen atoms in total. The Balaban J connectivity index is 1.72. The van der Waals surface area contributed by atoms with Gasteiger partial charge < -0.3 is 19.1 Å². The average Bonchev–Trinajstić information content (AvgIpc) is 3.29. The molecule has 4 rings (SSSR count). The molecule has 1 aliphatic heterocycles. The molecule has 17 heteroatoms. The molecule has 0 spiro atoms. The molecule has 0 amide bonds. The lowest BCUT2D eigenvalue weighted by Gasteiger charge is -2.29. The molecule has 0 fully saturated rings. The van der Waals surface area contributed by atoms with Crippen molar-refractivity contribution in [2.45, 2.75) is 57.8 Å². The highest BCUT2D eigenvalue weighted by Crippen LogP contribution is 2.52. The van der Waals surface area contributed by atoms with Gasteiger partial charge in [0, 0.05) is 5.39 Å². The first-order chi connectivity index (χ1) is 20.1. The number of rotatable bonds is 10. The highest BCUT2D eigenvalue weighted by molar-refractivity contribution is 7.52. The molecule has 3 N–H and O–H groups in total. The first kappa shape index (κ1) is 31.8. The van der Waals surface area contributed by atoms with Gasteiger partial charge in [0.15, 0.2) is 12.0 Å². The lowest BCUT2D eigenvalue weighted by Crippen LogP contribution is -2.40. The number of carbonyl (C=O) groups is 1. The summed E-state index contributed by atoms with van der Waals surface area (Å²) in [5.41, 5.74) is -2.62. The van der Waals surface area contributed by atoms with Crippen LogP contribution in [0.15, 0.2) is 69.8 Å². The Bertz CT molecular complexity index is 1710. The smallest absolute Gasteiger partial charge is 0.460 e. The quantitative estimate of drug-likeness (QED) is 0.164. The lowest BCUT2D eigenvalue weighted by atomic mass is 10.1. The molecule has 0 bridgehead atoms. The number of aromatic amines is 1. The Morgan fingerprint density at radius 3 is 2.51 bits per heavy atom. The molecule has 0 unspecified atom stereocenters. The minimum Gasteiger partial charge on any atom is -0.508 e. The number of hydrogen-bond donors (Lipinski definition) is 3. The fourth-order valence-corrected chi connectivity index (χ4v) is 5.71. The molecule has 2 aromatic carbocycles. The summed E-state index contributed by atoms with van der Waals surface area (Å²) >= 11 is 0. The van der Waals surface area contributed by atoms with E-state index in [2.05, 4.69) is 5.09 Å². The summed E-state index contributed by atoms with van der Waals surface area (Å²) in [4.78, 5) is 37.6. The number of nitrogens with zero attached hydrogens (tertiary/aromatic N) is 1. The molecule has 1 aromatic heterocycles. The maximum Gasteiger partial charge on any atom is 0.460 e. The highest BCUT2D eigenvalue weighted by Gasteiger charge is 2.53. The number of ether oxygens (including phenoxy) is 2. The lowest BCUT2D eigenvalue weighted by molar-refractivity contribution is -0.197. The van der Waals surface area contributed by atoms with Gasteiger partial charge in [0.05, 0.1) is 18.7 Å². The molecule has 43 heavy (non-hydrogen) atoms. The number of aromatic nitrogens is 2. The standard InChI is InChI=1S/C26H26F4N3O9P/c1-13(2)39-24(36)14(3)32-43(38,41-19-10-6-8-15-7-4-5-9-16(15)19)42-22(26(28,29)30)21-18(34)11-20(40-21)33-12-17(27)23(35)31-25(33)37/h4-10,12-14,20,22,34H,11H2,1-3H3,(H,32,38)(H,31,35,37)/t14-,20+,22-,43-/m0/s1. The number of fused-ring (bicyclic) bond motifs is 1. The third-order valence-corrected chi connectivity index (χ3v) is 7.58. The van der Waals surface area contributed by atoms with Crippen molar-refractivity contribution in [2.24, 2.45) is 0 Å². The molecule has 232 valence electrons. The van der Waals surface area contributed by atoms with Crippen LogP contribution in [0.1, 0.15) is 33.4 Å². The van der Waals surface area contributed by atoms with E-state index < -0.39 is 79.4 Å². The molecular weight excluding hydrogens is 605 g/mol. The van der Waals surface area contributed by atoms with Crippen LogP contribution in [0.2, 0.25) is 0 Å². The number of esters is 1. The second-order valence-corrected chi connectivity index (χ2v) is 11.3. The van der Waals surface area contributed by atoms with Crippen molar-refractivity contribution in [3.05, 3.63) is 86.8 Å². The number of hydrogen-bond acceptors (Lipinski definition) is 9. The number of benzene rings is 2. The summed E-state index contributed by atoms with van der Waals surface area (Å²) in [6.07, 6.45) is -11.4. The van der Waals surface area contributed by atoms with Crippen molar-refractivity contribution in [1.82, 2.24) is 14.6 Å². The van der Waals surface area contributed by atoms with Crippen molar-refractivity contribution in [2.75, 3.05) is 0 Å². The Kier molecular flexibility index (Phi) is 9.04. The second-order valence-electron chi connectivity index (χ2n) is 9.66. The van der Waals surface area contributed by atoms with E-state index in [9.17, 15) is 41.6 Å². The minimum atomic E-state index is -5.42. The van der Waals surface area contributed by atoms with E-state index in [0.29, 0.717) is 21.5 Å². The van der Waals surface area contributed by atoms with E-state index in [-0.39, 0.29) is 5.75 Å². The summed E-state index contributed by atoms with van der Waals surface area (Å²) in [5, 5.41) is 13.5. The molecule has 0 aliphatic carbocycles. The number of nitrogens with one attached hydrogen (secondary N) is 2. The predicted molar refractivity (Wildman–Crippen MR) is 143 cm³/mol. The van der Waals surface area contributed by atoms with Crippen molar-refractivity contribution in [3.8, 4) is 5.75 Å². The third-order valence-electron chi connectivity index (χ3n) is 5.95. The molecule has 4 atom stereocenters. The Morgan fingerprint density at radius 1 is 1.16 bits per heavy atom. The van der Waals surface area contributed by atoms with Crippen LogP contribution in [0.25, 0.3) is 10.8 Å². The van der Waals surface area contributed by atoms with E-state index in [1.807, 2.05) is 0 Å². The largest absolute Gasteiger partial charge is 0.508 e. The van der Waals surface area contributed by atoms with E-state index in [1.165, 1.54) is 26.0 Å². The second kappa shape index (κ2) is 12.2. The fourth-order valence-electron chi connectivity index (χ4n) is 4.07. The number of aliphatic hydroxyl groups is 1. The van der Waals surface area contributed by atoms with Crippen LogP contribution in [0.3, 0.4) is 0 Å². The molecular formula is C26H26F4N3O9P. The van der Waals surface area contributed by atoms with Crippen LogP contribution in [0.5, 0.6) is 5.75 Å². The monoisotopic (exact) mass is 631 g/mol. The topological polar surface area (TPSA) is 158 Å². The maximum absolute atomic E-state index is 14.4. The van der Waals surface area contributed by atoms with Gasteiger partial charge in [-0.2, -0.15) is 22.6 Å². The number of H-pyrrole nitrogens is 1. The van der Waals surface area contributed by atoms with Crippen molar-refractivity contribution >= 4 is 24.5 Å². The van der Waals surface area contributed by atoms with E-state index in [0.717, 1.165) is 6.92 Å². The predicted octanol–water partition coefficient (Wildman–Crippen LogP) is 4.58. The van der Waals surface area contributed by atoms with Gasteiger partial charge in [-0.05, 0) is 32.2 Å². The SMILES string of the molecule is CC(C)OC(=O)[C@H](C)N[P@](=O)(Oc1cccc2ccccc12)O[C@@H](C1=C(O)C[C@H](n2cc(F)c(=O)[nH]c2=O)O1)C(F)(F)F. The summed E-state index contributed by atoms with van der Waals surface area (Å²) in [6, 6.07) is 9.46. The molecule has 0 saturated heterocycles. The van der Waals surface area contributed by atoms with Gasteiger partial charge in [0.1, 0.15) is 17.6 Å². The van der Waals surface area contributed by atoms with Crippen LogP contribution in [-0.2, 0) is 23.4 Å². The van der Waals surface area contributed by atoms with Gasteiger partial charge in [0.2, 0.25) is 11.9 Å². The molecule has 3 aromatic rings. The molecule has 2 heterocycles.